The van der Waals surface area contributed by atoms with Crippen molar-refractivity contribution < 1.29 is 9.53 Å². The lowest BCUT2D eigenvalue weighted by molar-refractivity contribution is -0.155. The SMILES string of the molecule is CN(C)c1nc(=O)n(CC(=O)OC(C)(C)C)c2ccccc12. The van der Waals surface area contributed by atoms with Crippen LogP contribution in [0.15, 0.2) is 29.1 Å². The molecule has 0 bridgehead atoms. The first-order valence-corrected chi connectivity index (χ1v) is 7.08. The molecular weight excluding hydrogens is 282 g/mol. The summed E-state index contributed by atoms with van der Waals surface area (Å²) >= 11 is 0. The highest BCUT2D eigenvalue weighted by atomic mass is 16.6. The van der Waals surface area contributed by atoms with Gasteiger partial charge in [-0.1, -0.05) is 12.1 Å². The van der Waals surface area contributed by atoms with Gasteiger partial charge in [-0.25, -0.2) is 4.79 Å². The number of benzene rings is 1. The maximum absolute atomic E-state index is 12.3. The zero-order valence-corrected chi connectivity index (χ0v) is 13.6. The lowest BCUT2D eigenvalue weighted by Gasteiger charge is -2.21. The Morgan fingerprint density at radius 3 is 2.50 bits per heavy atom. The summed E-state index contributed by atoms with van der Waals surface area (Å²) < 4.78 is 6.63. The molecule has 0 fully saturated rings. The molecule has 0 atom stereocenters. The minimum atomic E-state index is -0.590. The van der Waals surface area contributed by atoms with E-state index in [2.05, 4.69) is 4.98 Å². The summed E-state index contributed by atoms with van der Waals surface area (Å²) in [6.45, 7) is 5.22. The van der Waals surface area contributed by atoms with Crippen LogP contribution in [0.2, 0.25) is 0 Å². The van der Waals surface area contributed by atoms with Gasteiger partial charge in [-0.05, 0) is 32.9 Å². The number of carbonyl (C=O) groups is 1. The van der Waals surface area contributed by atoms with Crippen LogP contribution in [0, 0.1) is 0 Å². The maximum Gasteiger partial charge on any atom is 0.350 e. The Bertz CT molecular complexity index is 757. The molecule has 6 nitrogen and oxygen atoms in total. The van der Waals surface area contributed by atoms with Crippen LogP contribution in [0.1, 0.15) is 20.8 Å². The molecule has 2 aromatic rings. The average Bonchev–Trinajstić information content (AvgIpc) is 2.39. The third kappa shape index (κ3) is 3.44. The summed E-state index contributed by atoms with van der Waals surface area (Å²) in [4.78, 5) is 30.2. The molecule has 0 aliphatic carbocycles. The Balaban J connectivity index is 2.51. The summed E-state index contributed by atoms with van der Waals surface area (Å²) in [6, 6.07) is 7.38. The summed E-state index contributed by atoms with van der Waals surface area (Å²) in [5.41, 5.74) is -0.390. The molecule has 1 heterocycles. The van der Waals surface area contributed by atoms with Crippen LogP contribution in [0.5, 0.6) is 0 Å². The Morgan fingerprint density at radius 2 is 1.91 bits per heavy atom. The van der Waals surface area contributed by atoms with Crippen molar-refractivity contribution in [2.24, 2.45) is 0 Å². The molecule has 0 N–H and O–H groups in total. The van der Waals surface area contributed by atoms with E-state index in [1.807, 2.05) is 32.3 Å². The highest BCUT2D eigenvalue weighted by molar-refractivity contribution is 5.90. The van der Waals surface area contributed by atoms with Gasteiger partial charge in [0, 0.05) is 19.5 Å². The highest BCUT2D eigenvalue weighted by Gasteiger charge is 2.19. The molecule has 6 heteroatoms. The molecule has 0 spiro atoms. The van der Waals surface area contributed by atoms with Gasteiger partial charge < -0.3 is 9.64 Å². The van der Waals surface area contributed by atoms with E-state index in [4.69, 9.17) is 4.74 Å². The number of rotatable bonds is 3. The topological polar surface area (TPSA) is 64.4 Å². The summed E-state index contributed by atoms with van der Waals surface area (Å²) in [5, 5.41) is 0.815. The first kappa shape index (κ1) is 16.0. The van der Waals surface area contributed by atoms with Gasteiger partial charge in [0.25, 0.3) is 0 Å². The molecule has 0 saturated carbocycles. The second kappa shape index (κ2) is 5.79. The van der Waals surface area contributed by atoms with E-state index in [1.54, 1.807) is 31.7 Å². The van der Waals surface area contributed by atoms with E-state index in [9.17, 15) is 9.59 Å². The highest BCUT2D eigenvalue weighted by Crippen LogP contribution is 2.21. The lowest BCUT2D eigenvalue weighted by Crippen LogP contribution is -2.32. The zero-order chi connectivity index (χ0) is 16.5. The number of carbonyl (C=O) groups excluding carboxylic acids is 1. The van der Waals surface area contributed by atoms with Gasteiger partial charge >= 0.3 is 11.7 Å². The van der Waals surface area contributed by atoms with Crippen molar-refractivity contribution in [3.63, 3.8) is 0 Å². The lowest BCUT2D eigenvalue weighted by atomic mass is 10.2. The van der Waals surface area contributed by atoms with Gasteiger partial charge in [0.2, 0.25) is 0 Å². The smallest absolute Gasteiger partial charge is 0.350 e. The van der Waals surface area contributed by atoms with Crippen molar-refractivity contribution in [2.75, 3.05) is 19.0 Å². The monoisotopic (exact) mass is 303 g/mol. The number of nitrogens with zero attached hydrogens (tertiary/aromatic N) is 3. The second-order valence-electron chi connectivity index (χ2n) is 6.30. The minimum absolute atomic E-state index is 0.155. The Morgan fingerprint density at radius 1 is 1.27 bits per heavy atom. The number of para-hydroxylation sites is 1. The summed E-state index contributed by atoms with van der Waals surface area (Å²) in [7, 11) is 3.65. The van der Waals surface area contributed by atoms with Crippen molar-refractivity contribution in [3.05, 3.63) is 34.7 Å². The fraction of sp³-hybridized carbons (Fsp3) is 0.438. The van der Waals surface area contributed by atoms with Crippen LogP contribution in [-0.2, 0) is 16.1 Å². The van der Waals surface area contributed by atoms with Gasteiger partial charge in [-0.3, -0.25) is 9.36 Å². The molecular formula is C16H21N3O3. The fourth-order valence-corrected chi connectivity index (χ4v) is 2.21. The molecule has 0 amide bonds. The Kier molecular flexibility index (Phi) is 4.21. The molecule has 0 saturated heterocycles. The van der Waals surface area contributed by atoms with Crippen LogP contribution >= 0.6 is 0 Å². The maximum atomic E-state index is 12.3. The number of esters is 1. The zero-order valence-electron chi connectivity index (χ0n) is 13.6. The first-order chi connectivity index (χ1) is 10.2. The molecule has 118 valence electrons. The molecule has 22 heavy (non-hydrogen) atoms. The van der Waals surface area contributed by atoms with E-state index in [1.165, 1.54) is 4.57 Å². The average molecular weight is 303 g/mol. The molecule has 1 aromatic carbocycles. The van der Waals surface area contributed by atoms with Crippen molar-refractivity contribution in [2.45, 2.75) is 32.9 Å². The number of hydrogen-bond donors (Lipinski definition) is 0. The molecule has 2 rings (SSSR count). The van der Waals surface area contributed by atoms with Crippen molar-refractivity contribution in [1.82, 2.24) is 9.55 Å². The summed E-state index contributed by atoms with van der Waals surface area (Å²) in [5.74, 6) is 0.125. The van der Waals surface area contributed by atoms with Crippen molar-refractivity contribution >= 4 is 22.7 Å². The number of hydrogen-bond acceptors (Lipinski definition) is 5. The van der Waals surface area contributed by atoms with E-state index < -0.39 is 17.3 Å². The number of fused-ring (bicyclic) bond motifs is 1. The predicted octanol–water partition coefficient (Wildman–Crippen LogP) is 1.80. The first-order valence-electron chi connectivity index (χ1n) is 7.08. The van der Waals surface area contributed by atoms with Gasteiger partial charge in [0.1, 0.15) is 18.0 Å². The molecule has 0 aliphatic rings. The van der Waals surface area contributed by atoms with Gasteiger partial charge in [-0.2, -0.15) is 4.98 Å². The van der Waals surface area contributed by atoms with E-state index in [0.717, 1.165) is 5.39 Å². The van der Waals surface area contributed by atoms with Crippen LogP contribution in [0.4, 0.5) is 5.82 Å². The number of ether oxygens (including phenoxy) is 1. The largest absolute Gasteiger partial charge is 0.459 e. The Labute approximate surface area is 129 Å². The third-order valence-corrected chi connectivity index (χ3v) is 3.00. The van der Waals surface area contributed by atoms with Crippen molar-refractivity contribution in [3.8, 4) is 0 Å². The second-order valence-corrected chi connectivity index (χ2v) is 6.30. The number of anilines is 1. The standard InChI is InChI=1S/C16H21N3O3/c1-16(2,3)22-13(20)10-19-12-9-7-6-8-11(12)14(18(4)5)17-15(19)21/h6-9H,10H2,1-5H3. The quantitative estimate of drug-likeness (QED) is 0.809. The van der Waals surface area contributed by atoms with Crippen molar-refractivity contribution in [1.29, 1.82) is 0 Å². The molecule has 1 aromatic heterocycles. The van der Waals surface area contributed by atoms with Gasteiger partial charge in [-0.15, -0.1) is 0 Å². The van der Waals surface area contributed by atoms with Crippen LogP contribution in [0.25, 0.3) is 10.9 Å². The van der Waals surface area contributed by atoms with Crippen LogP contribution < -0.4 is 10.6 Å². The fourth-order valence-electron chi connectivity index (χ4n) is 2.21. The van der Waals surface area contributed by atoms with Crippen LogP contribution in [-0.4, -0.2) is 35.2 Å². The van der Waals surface area contributed by atoms with Gasteiger partial charge in [0.05, 0.1) is 5.52 Å². The molecule has 0 unspecified atom stereocenters. The number of aromatic nitrogens is 2. The van der Waals surface area contributed by atoms with E-state index >= 15 is 0 Å². The Hall–Kier alpha value is -2.37. The van der Waals surface area contributed by atoms with Gasteiger partial charge in [0.15, 0.2) is 0 Å². The van der Waals surface area contributed by atoms with E-state index in [-0.39, 0.29) is 6.54 Å². The van der Waals surface area contributed by atoms with E-state index in [0.29, 0.717) is 11.3 Å². The molecule has 0 radical (unpaired) electrons. The van der Waals surface area contributed by atoms with Crippen LogP contribution in [0.3, 0.4) is 0 Å². The molecule has 0 aliphatic heterocycles. The summed E-state index contributed by atoms with van der Waals surface area (Å²) in [6.07, 6.45) is 0. The minimum Gasteiger partial charge on any atom is -0.459 e. The third-order valence-electron chi connectivity index (χ3n) is 3.00. The predicted molar refractivity (Wildman–Crippen MR) is 86.2 cm³/mol. The normalized spacial score (nSPS) is 11.5.